The molecule has 2 aliphatic rings. The van der Waals surface area contributed by atoms with Gasteiger partial charge in [0, 0.05) is 36.2 Å². The van der Waals surface area contributed by atoms with Crippen molar-refractivity contribution in [1.29, 1.82) is 0 Å². The third kappa shape index (κ3) is 5.74. The number of benzene rings is 2. The zero-order valence-corrected chi connectivity index (χ0v) is 19.5. The number of alkyl halides is 5. The van der Waals surface area contributed by atoms with Crippen molar-refractivity contribution in [2.45, 2.75) is 31.4 Å². The summed E-state index contributed by atoms with van der Waals surface area (Å²) in [6.07, 6.45) is -3.99. The monoisotopic (exact) mass is 509 g/mol. The van der Waals surface area contributed by atoms with Gasteiger partial charge in [-0.1, -0.05) is 30.8 Å². The van der Waals surface area contributed by atoms with E-state index in [1.54, 1.807) is 13.0 Å². The Morgan fingerprint density at radius 3 is 2.31 bits per heavy atom. The summed E-state index contributed by atoms with van der Waals surface area (Å²) in [6.45, 7) is 4.70. The molecule has 2 saturated heterocycles. The molecule has 2 fully saturated rings. The lowest BCUT2D eigenvalue weighted by atomic mass is 9.82. The van der Waals surface area contributed by atoms with Gasteiger partial charge in [-0.3, -0.25) is 4.99 Å². The summed E-state index contributed by atoms with van der Waals surface area (Å²) in [5.41, 5.74) is 1.24. The molecule has 192 valence electrons. The first kappa shape index (κ1) is 25.8. The van der Waals surface area contributed by atoms with Gasteiger partial charge < -0.3 is 9.80 Å². The van der Waals surface area contributed by atoms with E-state index in [1.165, 1.54) is 35.2 Å². The number of urea groups is 1. The van der Waals surface area contributed by atoms with Crippen molar-refractivity contribution in [3.8, 4) is 0 Å². The van der Waals surface area contributed by atoms with E-state index in [0.29, 0.717) is 29.0 Å². The second-order valence-electron chi connectivity index (χ2n) is 9.36. The fourth-order valence-corrected chi connectivity index (χ4v) is 4.63. The first-order valence-corrected chi connectivity index (χ1v) is 11.4. The molecule has 2 heterocycles. The number of aliphatic imine (C=N–C) groups is 1. The first-order valence-electron chi connectivity index (χ1n) is 11.4. The van der Waals surface area contributed by atoms with Gasteiger partial charge in [-0.05, 0) is 43.2 Å². The average molecular weight is 509 g/mol. The summed E-state index contributed by atoms with van der Waals surface area (Å²) in [6, 6.07) is 10.00. The molecule has 0 bridgehead atoms. The summed E-state index contributed by atoms with van der Waals surface area (Å²) in [4.78, 5) is 20.0. The lowest BCUT2D eigenvalue weighted by Gasteiger charge is -2.45. The summed E-state index contributed by atoms with van der Waals surface area (Å²) >= 11 is 0. The minimum Gasteiger partial charge on any atom is -0.323 e. The van der Waals surface area contributed by atoms with Gasteiger partial charge in [0.25, 0.3) is 5.92 Å². The second-order valence-corrected chi connectivity index (χ2v) is 9.36. The number of piperidine rings is 1. The van der Waals surface area contributed by atoms with Crippen molar-refractivity contribution in [2.75, 3.05) is 26.2 Å². The van der Waals surface area contributed by atoms with Crippen LogP contribution < -0.4 is 0 Å². The quantitative estimate of drug-likeness (QED) is 0.345. The predicted molar refractivity (Wildman–Crippen MR) is 124 cm³/mol. The smallest absolute Gasteiger partial charge is 0.323 e. The van der Waals surface area contributed by atoms with Crippen LogP contribution in [0, 0.1) is 11.7 Å². The maximum Gasteiger partial charge on any atom is 0.416 e. The van der Waals surface area contributed by atoms with E-state index >= 15 is 0 Å². The second kappa shape index (κ2) is 9.63. The molecule has 0 saturated carbocycles. The molecule has 2 aliphatic heterocycles. The minimum absolute atomic E-state index is 0.181. The number of carbonyl (C=O) groups excluding carboxylic acids is 1. The van der Waals surface area contributed by atoms with Crippen LogP contribution in [-0.4, -0.2) is 53.6 Å². The number of likely N-dealkylation sites (tertiary alicyclic amines) is 2. The maximum atomic E-state index is 13.6. The molecular weight excluding hydrogens is 484 g/mol. The molecule has 2 aromatic carbocycles. The Morgan fingerprint density at radius 2 is 1.72 bits per heavy atom. The third-order valence-corrected chi connectivity index (χ3v) is 6.61. The van der Waals surface area contributed by atoms with Crippen LogP contribution >= 0.6 is 0 Å². The van der Waals surface area contributed by atoms with E-state index < -0.39 is 42.6 Å². The molecule has 0 aromatic heterocycles. The van der Waals surface area contributed by atoms with Gasteiger partial charge in [-0.25, -0.2) is 18.0 Å². The lowest BCUT2D eigenvalue weighted by Crippen LogP contribution is -2.62. The zero-order valence-electron chi connectivity index (χ0n) is 19.5. The molecule has 10 heteroatoms. The number of amides is 2. The number of rotatable bonds is 4. The van der Waals surface area contributed by atoms with E-state index in [4.69, 9.17) is 0 Å². The number of nitrogens with zero attached hydrogens (tertiary/aromatic N) is 3. The van der Waals surface area contributed by atoms with Crippen molar-refractivity contribution >= 4 is 17.4 Å². The molecule has 2 amide bonds. The van der Waals surface area contributed by atoms with Crippen molar-refractivity contribution in [1.82, 2.24) is 9.80 Å². The molecule has 36 heavy (non-hydrogen) atoms. The van der Waals surface area contributed by atoms with Crippen molar-refractivity contribution in [3.63, 3.8) is 0 Å². The molecule has 0 N–H and O–H groups in total. The van der Waals surface area contributed by atoms with Gasteiger partial charge in [0.2, 0.25) is 0 Å². The molecule has 4 nitrogen and oxygen atoms in total. The lowest BCUT2D eigenvalue weighted by molar-refractivity contribution is -0.137. The van der Waals surface area contributed by atoms with Crippen LogP contribution in [0.3, 0.4) is 0 Å². The molecule has 0 aliphatic carbocycles. The number of halogens is 6. The van der Waals surface area contributed by atoms with E-state index in [0.717, 1.165) is 17.0 Å². The van der Waals surface area contributed by atoms with Crippen LogP contribution in [0.4, 0.5) is 31.1 Å². The summed E-state index contributed by atoms with van der Waals surface area (Å²) in [7, 11) is 0. The topological polar surface area (TPSA) is 35.9 Å². The Balaban J connectivity index is 1.58. The molecule has 2 aromatic rings. The fourth-order valence-electron chi connectivity index (χ4n) is 4.63. The average Bonchev–Trinajstić information content (AvgIpc) is 2.81. The van der Waals surface area contributed by atoms with E-state index in [1.807, 2.05) is 0 Å². The largest absolute Gasteiger partial charge is 0.416 e. The Hall–Kier alpha value is -3.30. The molecule has 2 unspecified atom stereocenters. The Bertz CT molecular complexity index is 1170. The predicted octanol–water partition coefficient (Wildman–Crippen LogP) is 6.45. The maximum absolute atomic E-state index is 13.6. The van der Waals surface area contributed by atoms with Gasteiger partial charge in [0.1, 0.15) is 5.82 Å². The van der Waals surface area contributed by atoms with Crippen LogP contribution in [0.15, 0.2) is 60.1 Å². The Morgan fingerprint density at radius 1 is 1.06 bits per heavy atom. The molecular formula is C26H25F6N3O. The van der Waals surface area contributed by atoms with Gasteiger partial charge in [0.15, 0.2) is 0 Å². The number of hydrogen-bond donors (Lipinski definition) is 0. The summed E-state index contributed by atoms with van der Waals surface area (Å²) in [5, 5.41) is 0. The number of hydrogen-bond acceptors (Lipinski definition) is 2. The van der Waals surface area contributed by atoms with Crippen molar-refractivity contribution in [2.24, 2.45) is 10.9 Å². The number of carbonyl (C=O) groups is 1. The Labute approximate surface area is 204 Å². The van der Waals surface area contributed by atoms with Crippen molar-refractivity contribution < 1.29 is 31.1 Å². The molecule has 0 radical (unpaired) electrons. The van der Waals surface area contributed by atoms with Gasteiger partial charge in [-0.15, -0.1) is 0 Å². The highest BCUT2D eigenvalue weighted by Gasteiger charge is 2.48. The van der Waals surface area contributed by atoms with Crippen LogP contribution in [0.25, 0.3) is 5.70 Å². The van der Waals surface area contributed by atoms with Gasteiger partial charge in [0.05, 0.1) is 24.4 Å². The fraction of sp³-hybridized carbons (Fsp3) is 0.385. The third-order valence-electron chi connectivity index (χ3n) is 6.61. The highest BCUT2D eigenvalue weighted by Crippen LogP contribution is 2.36. The molecule has 2 atom stereocenters. The SMILES string of the molecule is C=C(/N=C(\C)C1CC(c2ccc(C(F)(F)F)cc2)CN(C(=O)N2CC(F)(F)C2)C1)c1cccc(F)c1. The van der Waals surface area contributed by atoms with Crippen LogP contribution in [0.2, 0.25) is 0 Å². The first-order chi connectivity index (χ1) is 16.8. The standard InChI is InChI=1S/C26H25F6N3O/c1-16(19-4-3-5-23(27)11-19)33-17(2)20-10-21(18-6-8-22(9-7-18)26(30,31)32)13-34(12-20)24(36)35-14-25(28,29)15-35/h3-9,11,20-21H,1,10,12-15H2,2H3/b33-17+. The summed E-state index contributed by atoms with van der Waals surface area (Å²) < 4.78 is 79.4. The molecule has 0 spiro atoms. The van der Waals surface area contributed by atoms with Crippen LogP contribution in [0.5, 0.6) is 0 Å². The summed E-state index contributed by atoms with van der Waals surface area (Å²) in [5.74, 6) is -3.99. The minimum atomic E-state index is -4.47. The molecule has 4 rings (SSSR count). The highest BCUT2D eigenvalue weighted by atomic mass is 19.4. The highest BCUT2D eigenvalue weighted by molar-refractivity contribution is 5.90. The van der Waals surface area contributed by atoms with Gasteiger partial charge in [-0.2, -0.15) is 13.2 Å². The zero-order chi connectivity index (χ0) is 26.3. The van der Waals surface area contributed by atoms with Crippen LogP contribution in [0.1, 0.15) is 36.0 Å². The Kier molecular flexibility index (Phi) is 6.90. The van der Waals surface area contributed by atoms with E-state index in [9.17, 15) is 31.1 Å². The van der Waals surface area contributed by atoms with E-state index in [-0.39, 0.29) is 24.9 Å². The van der Waals surface area contributed by atoms with Crippen molar-refractivity contribution in [3.05, 3.63) is 77.6 Å². The van der Waals surface area contributed by atoms with E-state index in [2.05, 4.69) is 11.6 Å². The normalized spacial score (nSPS) is 22.2. The van der Waals surface area contributed by atoms with Gasteiger partial charge >= 0.3 is 12.2 Å². The van der Waals surface area contributed by atoms with Crippen LogP contribution in [-0.2, 0) is 6.18 Å².